The number of benzene rings is 2. The molecule has 38 heavy (non-hydrogen) atoms. The summed E-state index contributed by atoms with van der Waals surface area (Å²) in [5.41, 5.74) is 7.89. The molecule has 4 aliphatic carbocycles. The lowest BCUT2D eigenvalue weighted by Crippen LogP contribution is -2.61. The van der Waals surface area contributed by atoms with Crippen LogP contribution in [0.25, 0.3) is 10.9 Å². The molecule has 1 atom stereocenters. The summed E-state index contributed by atoms with van der Waals surface area (Å²) in [6.45, 7) is 2.13. The van der Waals surface area contributed by atoms with E-state index in [9.17, 15) is 9.59 Å². The van der Waals surface area contributed by atoms with E-state index in [0.29, 0.717) is 31.2 Å². The second-order valence-electron chi connectivity index (χ2n) is 12.0. The Bertz CT molecular complexity index is 1310. The van der Waals surface area contributed by atoms with Gasteiger partial charge in [0.15, 0.2) is 0 Å². The SMILES string of the molecule is CC(Cc1c[nH]c2ccccc12)(C(N)=O)N(CCc1ccc(Br)cc1)C(=O)OC1C2CC3CC(C2)CC1C3. The molecule has 3 N–H and O–H groups in total. The third kappa shape index (κ3) is 4.74. The van der Waals surface area contributed by atoms with Gasteiger partial charge in [0.1, 0.15) is 11.6 Å². The summed E-state index contributed by atoms with van der Waals surface area (Å²) in [5.74, 6) is 1.94. The number of hydrogen-bond acceptors (Lipinski definition) is 3. The van der Waals surface area contributed by atoms with Gasteiger partial charge in [-0.25, -0.2) is 4.79 Å². The molecule has 2 aromatic carbocycles. The number of nitrogens with one attached hydrogen (secondary N) is 1. The van der Waals surface area contributed by atoms with Crippen molar-refractivity contribution in [3.8, 4) is 0 Å². The number of fused-ring (bicyclic) bond motifs is 1. The van der Waals surface area contributed by atoms with E-state index in [-0.39, 0.29) is 6.10 Å². The Labute approximate surface area is 232 Å². The molecule has 0 spiro atoms. The first kappa shape index (κ1) is 25.5. The summed E-state index contributed by atoms with van der Waals surface area (Å²) < 4.78 is 7.36. The summed E-state index contributed by atoms with van der Waals surface area (Å²) in [4.78, 5) is 32.1. The lowest BCUT2D eigenvalue weighted by Gasteiger charge is -2.54. The predicted octanol–water partition coefficient (Wildman–Crippen LogP) is 6.22. The number of para-hydroxylation sites is 1. The Morgan fingerprint density at radius 3 is 2.34 bits per heavy atom. The molecule has 1 aromatic heterocycles. The summed E-state index contributed by atoms with van der Waals surface area (Å²) >= 11 is 3.49. The maximum atomic E-state index is 14.0. The molecule has 1 heterocycles. The molecule has 4 bridgehead atoms. The highest BCUT2D eigenvalue weighted by Gasteiger charge is 2.51. The first-order valence-electron chi connectivity index (χ1n) is 13.9. The molecule has 7 rings (SSSR count). The molecular weight excluding hydrogens is 542 g/mol. The van der Waals surface area contributed by atoms with Crippen LogP contribution in [0, 0.1) is 23.7 Å². The van der Waals surface area contributed by atoms with E-state index in [0.717, 1.165) is 64.0 Å². The number of rotatable bonds is 8. The van der Waals surface area contributed by atoms with Gasteiger partial charge in [-0.15, -0.1) is 0 Å². The van der Waals surface area contributed by atoms with Gasteiger partial charge in [-0.05, 0) is 98.4 Å². The Morgan fingerprint density at radius 1 is 1.03 bits per heavy atom. The van der Waals surface area contributed by atoms with Gasteiger partial charge in [-0.1, -0.05) is 46.3 Å². The molecule has 0 saturated heterocycles. The third-order valence-electron chi connectivity index (χ3n) is 9.47. The lowest BCUT2D eigenvalue weighted by atomic mass is 9.55. The summed E-state index contributed by atoms with van der Waals surface area (Å²) in [7, 11) is 0. The third-order valence-corrected chi connectivity index (χ3v) is 10.00. The first-order valence-corrected chi connectivity index (χ1v) is 14.7. The van der Waals surface area contributed by atoms with Crippen LogP contribution in [0.3, 0.4) is 0 Å². The molecule has 2 amide bonds. The van der Waals surface area contributed by atoms with Gasteiger partial charge in [0.25, 0.3) is 0 Å². The highest BCUT2D eigenvalue weighted by Crippen LogP contribution is 2.54. The number of H-pyrrole nitrogens is 1. The summed E-state index contributed by atoms with van der Waals surface area (Å²) in [6.07, 6.45) is 8.33. The van der Waals surface area contributed by atoms with Crippen LogP contribution in [0.5, 0.6) is 0 Å². The van der Waals surface area contributed by atoms with Crippen LogP contribution in [-0.2, 0) is 22.4 Å². The fourth-order valence-corrected chi connectivity index (χ4v) is 7.91. The van der Waals surface area contributed by atoms with Gasteiger partial charge < -0.3 is 15.5 Å². The van der Waals surface area contributed by atoms with Crippen molar-refractivity contribution < 1.29 is 14.3 Å². The largest absolute Gasteiger partial charge is 0.445 e. The van der Waals surface area contributed by atoms with Crippen LogP contribution in [0.1, 0.15) is 50.2 Å². The zero-order valence-electron chi connectivity index (χ0n) is 21.9. The van der Waals surface area contributed by atoms with Crippen LogP contribution in [0.2, 0.25) is 0 Å². The molecule has 0 radical (unpaired) electrons. The Balaban J connectivity index is 1.29. The maximum Gasteiger partial charge on any atom is 0.410 e. The number of carbonyl (C=O) groups excluding carboxylic acids is 2. The molecule has 4 saturated carbocycles. The average molecular weight is 579 g/mol. The maximum absolute atomic E-state index is 14.0. The van der Waals surface area contributed by atoms with Crippen LogP contribution >= 0.6 is 15.9 Å². The number of primary amides is 1. The van der Waals surface area contributed by atoms with Gasteiger partial charge in [0.2, 0.25) is 5.91 Å². The molecule has 6 nitrogen and oxygen atoms in total. The molecule has 200 valence electrons. The van der Waals surface area contributed by atoms with Crippen molar-refractivity contribution in [2.45, 2.75) is 63.5 Å². The number of carbonyl (C=O) groups is 2. The summed E-state index contributed by atoms with van der Waals surface area (Å²) in [6, 6.07) is 16.0. The van der Waals surface area contributed by atoms with Crippen molar-refractivity contribution in [1.82, 2.24) is 9.88 Å². The van der Waals surface area contributed by atoms with Crippen molar-refractivity contribution >= 4 is 38.8 Å². The predicted molar refractivity (Wildman–Crippen MR) is 151 cm³/mol. The van der Waals surface area contributed by atoms with Crippen molar-refractivity contribution in [3.63, 3.8) is 0 Å². The topological polar surface area (TPSA) is 88.4 Å². The minimum atomic E-state index is -1.25. The fourth-order valence-electron chi connectivity index (χ4n) is 7.64. The van der Waals surface area contributed by atoms with Gasteiger partial charge in [0.05, 0.1) is 0 Å². The van der Waals surface area contributed by atoms with E-state index in [1.165, 1.54) is 6.42 Å². The Morgan fingerprint density at radius 2 is 1.68 bits per heavy atom. The number of halogens is 1. The number of nitrogens with two attached hydrogens (primary N) is 1. The number of aromatic amines is 1. The minimum Gasteiger partial charge on any atom is -0.445 e. The van der Waals surface area contributed by atoms with Crippen molar-refractivity contribution in [2.75, 3.05) is 6.54 Å². The van der Waals surface area contributed by atoms with Crippen LogP contribution in [-0.4, -0.2) is 40.1 Å². The van der Waals surface area contributed by atoms with Crippen molar-refractivity contribution in [1.29, 1.82) is 0 Å². The molecule has 3 aromatic rings. The zero-order valence-corrected chi connectivity index (χ0v) is 23.5. The first-order chi connectivity index (χ1) is 18.3. The van der Waals surface area contributed by atoms with Gasteiger partial charge in [0, 0.05) is 34.5 Å². The average Bonchev–Trinajstić information content (AvgIpc) is 3.29. The van der Waals surface area contributed by atoms with Crippen LogP contribution in [0.15, 0.2) is 59.2 Å². The van der Waals surface area contributed by atoms with E-state index in [2.05, 4.69) is 20.9 Å². The van der Waals surface area contributed by atoms with E-state index in [1.54, 1.807) is 11.8 Å². The fraction of sp³-hybridized carbons (Fsp3) is 0.484. The van der Waals surface area contributed by atoms with E-state index >= 15 is 0 Å². The second kappa shape index (κ2) is 10.1. The quantitative estimate of drug-likeness (QED) is 0.333. The second-order valence-corrected chi connectivity index (χ2v) is 12.9. The number of amides is 2. The van der Waals surface area contributed by atoms with Crippen LogP contribution in [0.4, 0.5) is 4.79 Å². The highest BCUT2D eigenvalue weighted by atomic mass is 79.9. The molecule has 7 heteroatoms. The number of ether oxygens (including phenoxy) is 1. The minimum absolute atomic E-state index is 0.0595. The smallest absolute Gasteiger partial charge is 0.410 e. The summed E-state index contributed by atoms with van der Waals surface area (Å²) in [5, 5.41) is 1.03. The van der Waals surface area contributed by atoms with E-state index < -0.39 is 17.5 Å². The zero-order chi connectivity index (χ0) is 26.4. The number of hydrogen-bond donors (Lipinski definition) is 2. The molecular formula is C31H36BrN3O3. The molecule has 0 aliphatic heterocycles. The van der Waals surface area contributed by atoms with E-state index in [1.807, 2.05) is 54.7 Å². The monoisotopic (exact) mass is 577 g/mol. The number of aromatic nitrogens is 1. The number of nitrogens with zero attached hydrogens (tertiary/aromatic N) is 1. The molecule has 1 unspecified atom stereocenters. The van der Waals surface area contributed by atoms with Gasteiger partial charge in [-0.2, -0.15) is 0 Å². The van der Waals surface area contributed by atoms with Crippen molar-refractivity contribution in [2.24, 2.45) is 29.4 Å². The lowest BCUT2D eigenvalue weighted by molar-refractivity contribution is -0.132. The van der Waals surface area contributed by atoms with E-state index in [4.69, 9.17) is 10.5 Å². The van der Waals surface area contributed by atoms with Crippen molar-refractivity contribution in [3.05, 3.63) is 70.3 Å². The molecule has 4 aliphatic rings. The Kier molecular flexibility index (Phi) is 6.75. The normalized spacial score (nSPS) is 27.3. The van der Waals surface area contributed by atoms with Crippen LogP contribution < -0.4 is 5.73 Å². The highest BCUT2D eigenvalue weighted by molar-refractivity contribution is 9.10. The van der Waals surface area contributed by atoms with Gasteiger partial charge >= 0.3 is 6.09 Å². The molecule has 4 fully saturated rings. The standard InChI is InChI=1S/C31H36BrN3O3/c1-31(29(33)36,17-24-18-34-27-5-3-2-4-26(24)27)35(11-10-19-6-8-25(32)9-7-19)30(37)38-28-22-13-20-12-21(15-22)16-23(28)14-20/h2-9,18,20-23,28,34H,10-17H2,1H3,(H2,33,36). The Hall–Kier alpha value is -2.80. The van der Waals surface area contributed by atoms with Gasteiger partial charge in [-0.3, -0.25) is 9.69 Å².